The summed E-state index contributed by atoms with van der Waals surface area (Å²) in [4.78, 5) is 4.62. The Morgan fingerprint density at radius 3 is 1.80 bits per heavy atom. The zero-order chi connectivity index (χ0) is 33.6. The molecule has 0 atom stereocenters. The van der Waals surface area contributed by atoms with Crippen LogP contribution in [-0.4, -0.2) is 34.9 Å². The molecule has 7 nitrogen and oxygen atoms in total. The summed E-state index contributed by atoms with van der Waals surface area (Å²) in [5, 5.41) is 24.1. The molecule has 2 aromatic heterocycles. The molecule has 0 aliphatic heterocycles. The third kappa shape index (κ3) is 6.07. The van der Waals surface area contributed by atoms with E-state index in [0.717, 1.165) is 64.0 Å². The molecule has 0 bridgehead atoms. The van der Waals surface area contributed by atoms with Crippen molar-refractivity contribution < 1.29 is 5.11 Å². The van der Waals surface area contributed by atoms with Gasteiger partial charge in [0.1, 0.15) is 22.2 Å². The standard InChI is InChI=1S/C41H37ClN6O/c1-2-3-23-38-43-37(29-49)39(42)47(38)28-30-24-26-31(27-25-30)35-21-13-14-22-36(35)40-44-45-46-48(40)41(32-15-7-4-8-16-32,33-17-9-5-10-18-33)34-19-11-6-12-20-34/h4-22,24-27,49H,2-3,23,28-29H2,1H3. The molecule has 0 spiro atoms. The predicted octanol–water partition coefficient (Wildman–Crippen LogP) is 8.58. The maximum atomic E-state index is 9.80. The maximum absolute atomic E-state index is 9.80. The monoisotopic (exact) mass is 664 g/mol. The molecule has 0 radical (unpaired) electrons. The lowest BCUT2D eigenvalue weighted by atomic mass is 9.77. The van der Waals surface area contributed by atoms with E-state index >= 15 is 0 Å². The van der Waals surface area contributed by atoms with Crippen LogP contribution < -0.4 is 0 Å². The number of hydrogen-bond acceptors (Lipinski definition) is 5. The van der Waals surface area contributed by atoms with Crippen LogP contribution in [0.3, 0.4) is 0 Å². The Morgan fingerprint density at radius 2 is 1.24 bits per heavy atom. The van der Waals surface area contributed by atoms with Crippen LogP contribution in [0, 0.1) is 0 Å². The molecule has 0 fully saturated rings. The van der Waals surface area contributed by atoms with E-state index in [2.05, 4.69) is 126 Å². The number of rotatable bonds is 12. The van der Waals surface area contributed by atoms with Crippen molar-refractivity contribution in [1.29, 1.82) is 0 Å². The van der Waals surface area contributed by atoms with E-state index in [0.29, 0.717) is 23.2 Å². The molecule has 2 heterocycles. The first-order valence-electron chi connectivity index (χ1n) is 16.6. The summed E-state index contributed by atoms with van der Waals surface area (Å²) < 4.78 is 3.98. The van der Waals surface area contributed by atoms with Crippen molar-refractivity contribution >= 4 is 11.6 Å². The van der Waals surface area contributed by atoms with E-state index in [1.165, 1.54) is 0 Å². The normalized spacial score (nSPS) is 11.6. The lowest BCUT2D eigenvalue weighted by Crippen LogP contribution is -2.39. The van der Waals surface area contributed by atoms with E-state index in [9.17, 15) is 5.11 Å². The second kappa shape index (κ2) is 14.4. The Bertz CT molecular complexity index is 2030. The highest BCUT2D eigenvalue weighted by molar-refractivity contribution is 6.30. The van der Waals surface area contributed by atoms with Gasteiger partial charge in [0.2, 0.25) is 0 Å². The number of aliphatic hydroxyl groups excluding tert-OH is 1. The van der Waals surface area contributed by atoms with Crippen molar-refractivity contribution in [3.63, 3.8) is 0 Å². The van der Waals surface area contributed by atoms with Crippen molar-refractivity contribution in [2.24, 2.45) is 0 Å². The highest BCUT2D eigenvalue weighted by atomic mass is 35.5. The van der Waals surface area contributed by atoms with E-state index in [1.807, 2.05) is 39.6 Å². The van der Waals surface area contributed by atoms with Crippen LogP contribution >= 0.6 is 11.6 Å². The summed E-state index contributed by atoms with van der Waals surface area (Å²) in [6.45, 7) is 2.54. The number of hydrogen-bond donors (Lipinski definition) is 1. The van der Waals surface area contributed by atoms with Gasteiger partial charge in [-0.1, -0.05) is 164 Å². The van der Waals surface area contributed by atoms with Crippen LogP contribution in [-0.2, 0) is 25.1 Å². The minimum absolute atomic E-state index is 0.180. The molecule has 49 heavy (non-hydrogen) atoms. The van der Waals surface area contributed by atoms with Gasteiger partial charge in [0.25, 0.3) is 0 Å². The molecular formula is C41H37ClN6O. The largest absolute Gasteiger partial charge is 0.390 e. The third-order valence-electron chi connectivity index (χ3n) is 9.09. The van der Waals surface area contributed by atoms with Crippen LogP contribution in [0.2, 0.25) is 5.15 Å². The maximum Gasteiger partial charge on any atom is 0.184 e. The average molecular weight is 665 g/mol. The van der Waals surface area contributed by atoms with Crippen LogP contribution in [0.5, 0.6) is 0 Å². The first kappa shape index (κ1) is 32.2. The predicted molar refractivity (Wildman–Crippen MR) is 194 cm³/mol. The fourth-order valence-electron chi connectivity index (χ4n) is 6.71. The minimum Gasteiger partial charge on any atom is -0.390 e. The summed E-state index contributed by atoms with van der Waals surface area (Å²) in [6.07, 6.45) is 2.87. The van der Waals surface area contributed by atoms with Crippen LogP contribution in [0.4, 0.5) is 0 Å². The second-order valence-electron chi connectivity index (χ2n) is 12.1. The SMILES string of the molecule is CCCCc1nc(CO)c(Cl)n1Cc1ccc(-c2ccccc2-c2nnnn2C(c2ccccc2)(c2ccccc2)c2ccccc2)cc1. The lowest BCUT2D eigenvalue weighted by molar-refractivity contribution is 0.277. The van der Waals surface area contributed by atoms with E-state index in [-0.39, 0.29) is 6.61 Å². The number of halogens is 1. The van der Waals surface area contributed by atoms with Crippen LogP contribution in [0.1, 0.15) is 53.5 Å². The number of imidazole rings is 1. The minimum atomic E-state index is -0.855. The first-order valence-corrected chi connectivity index (χ1v) is 17.0. The Kier molecular flexibility index (Phi) is 9.46. The molecule has 0 saturated carbocycles. The van der Waals surface area contributed by atoms with Gasteiger partial charge in [0.15, 0.2) is 5.82 Å². The number of aryl methyl sites for hydroxylation is 1. The van der Waals surface area contributed by atoms with Crippen molar-refractivity contribution in [3.05, 3.63) is 178 Å². The van der Waals surface area contributed by atoms with Crippen LogP contribution in [0.15, 0.2) is 140 Å². The van der Waals surface area contributed by atoms with Crippen molar-refractivity contribution in [2.45, 2.75) is 44.9 Å². The number of aromatic nitrogens is 6. The molecule has 8 heteroatoms. The molecule has 7 aromatic rings. The highest BCUT2D eigenvalue weighted by Gasteiger charge is 2.42. The summed E-state index contributed by atoms with van der Waals surface area (Å²) in [6, 6.07) is 48.0. The van der Waals surface area contributed by atoms with Crippen molar-refractivity contribution in [3.8, 4) is 22.5 Å². The number of tetrazole rings is 1. The van der Waals surface area contributed by atoms with Gasteiger partial charge in [-0.3, -0.25) is 0 Å². The Hall–Kier alpha value is -5.37. The van der Waals surface area contributed by atoms with Crippen LogP contribution in [0.25, 0.3) is 22.5 Å². The van der Waals surface area contributed by atoms with Gasteiger partial charge in [0, 0.05) is 12.0 Å². The van der Waals surface area contributed by atoms with E-state index in [4.69, 9.17) is 21.9 Å². The highest BCUT2D eigenvalue weighted by Crippen LogP contribution is 2.43. The zero-order valence-electron chi connectivity index (χ0n) is 27.3. The fraction of sp³-hybridized carbons (Fsp3) is 0.171. The summed E-state index contributed by atoms with van der Waals surface area (Å²) in [7, 11) is 0. The Morgan fingerprint density at radius 1 is 0.694 bits per heavy atom. The molecule has 1 N–H and O–H groups in total. The molecule has 0 saturated heterocycles. The second-order valence-corrected chi connectivity index (χ2v) is 12.4. The van der Waals surface area contributed by atoms with Crippen molar-refractivity contribution in [2.75, 3.05) is 0 Å². The summed E-state index contributed by atoms with van der Waals surface area (Å²) in [5.74, 6) is 1.55. The van der Waals surface area contributed by atoms with Gasteiger partial charge in [-0.05, 0) is 50.2 Å². The quantitative estimate of drug-likeness (QED) is 0.132. The first-order chi connectivity index (χ1) is 24.1. The van der Waals surface area contributed by atoms with E-state index < -0.39 is 5.54 Å². The summed E-state index contributed by atoms with van der Waals surface area (Å²) >= 11 is 6.67. The molecule has 0 unspecified atom stereocenters. The molecule has 5 aromatic carbocycles. The molecule has 244 valence electrons. The van der Waals surface area contributed by atoms with Gasteiger partial charge in [0.05, 0.1) is 13.2 Å². The Balaban J connectivity index is 1.33. The number of nitrogens with zero attached hydrogens (tertiary/aromatic N) is 6. The topological polar surface area (TPSA) is 81.7 Å². The molecule has 0 aliphatic carbocycles. The third-order valence-corrected chi connectivity index (χ3v) is 9.51. The van der Waals surface area contributed by atoms with Gasteiger partial charge in [-0.15, -0.1) is 5.10 Å². The van der Waals surface area contributed by atoms with Gasteiger partial charge >= 0.3 is 0 Å². The fourth-order valence-corrected chi connectivity index (χ4v) is 6.97. The molecule has 7 rings (SSSR count). The van der Waals surface area contributed by atoms with Gasteiger partial charge in [-0.25, -0.2) is 9.67 Å². The van der Waals surface area contributed by atoms with Gasteiger partial charge in [-0.2, -0.15) is 0 Å². The zero-order valence-corrected chi connectivity index (χ0v) is 28.1. The smallest absolute Gasteiger partial charge is 0.184 e. The number of benzene rings is 5. The lowest BCUT2D eigenvalue weighted by Gasteiger charge is -2.36. The average Bonchev–Trinajstić information content (AvgIpc) is 3.77. The Labute approximate surface area is 291 Å². The number of aliphatic hydroxyl groups is 1. The molecule has 0 aliphatic rings. The summed E-state index contributed by atoms with van der Waals surface area (Å²) in [5.41, 5.74) is 6.86. The van der Waals surface area contributed by atoms with E-state index in [1.54, 1.807) is 0 Å². The van der Waals surface area contributed by atoms with Crippen molar-refractivity contribution in [1.82, 2.24) is 29.8 Å². The number of unbranched alkanes of at least 4 members (excludes halogenated alkanes) is 1. The van der Waals surface area contributed by atoms with Gasteiger partial charge < -0.3 is 9.67 Å². The molecular weight excluding hydrogens is 628 g/mol. The molecule has 0 amide bonds.